The van der Waals surface area contributed by atoms with Gasteiger partial charge in [-0.15, -0.1) is 12.6 Å². The molecule has 0 nitrogen and oxygen atoms in total. The summed E-state index contributed by atoms with van der Waals surface area (Å²) in [6.45, 7) is 2.06. The molecule has 0 unspecified atom stereocenters. The molecule has 0 spiro atoms. The van der Waals surface area contributed by atoms with E-state index in [9.17, 15) is 0 Å². The molecule has 0 heterocycles. The van der Waals surface area contributed by atoms with Crippen LogP contribution in [-0.4, -0.2) is 0 Å². The smallest absolute Gasteiger partial charge is 0.00401 e. The van der Waals surface area contributed by atoms with Crippen LogP contribution in [0.3, 0.4) is 0 Å². The van der Waals surface area contributed by atoms with Gasteiger partial charge in [-0.25, -0.2) is 0 Å². The maximum atomic E-state index is 4.13. The Labute approximate surface area is 76.6 Å². The Hall–Kier alpha value is 0.310. The van der Waals surface area contributed by atoms with Gasteiger partial charge < -0.3 is 0 Å². The summed E-state index contributed by atoms with van der Waals surface area (Å²) in [5.41, 5.74) is 1.28. The third-order valence-electron chi connectivity index (χ3n) is 1.03. The molecule has 0 aliphatic rings. The van der Waals surface area contributed by atoms with Gasteiger partial charge in [-0.3, -0.25) is 0 Å². The molecule has 0 saturated heterocycles. The topological polar surface area (TPSA) is 0 Å². The van der Waals surface area contributed by atoms with E-state index in [2.05, 4.69) is 19.6 Å². The standard InChI is InChI=1S/C7H8S.Au/c1-6-2-4-7(8)5-3-6;/h2-5,8H,1H3;. The van der Waals surface area contributed by atoms with E-state index in [1.165, 1.54) is 5.56 Å². The molecule has 1 aromatic rings. The summed E-state index contributed by atoms with van der Waals surface area (Å²) in [7, 11) is 0. The van der Waals surface area contributed by atoms with Gasteiger partial charge in [0, 0.05) is 27.3 Å². The van der Waals surface area contributed by atoms with Gasteiger partial charge in [0.15, 0.2) is 0 Å². The first-order valence-electron chi connectivity index (χ1n) is 2.54. The molecule has 1 aromatic carbocycles. The zero-order chi connectivity index (χ0) is 5.98. The third-order valence-corrected chi connectivity index (χ3v) is 1.33. The summed E-state index contributed by atoms with van der Waals surface area (Å²) in [6.07, 6.45) is 0. The van der Waals surface area contributed by atoms with Gasteiger partial charge in [0.05, 0.1) is 0 Å². The van der Waals surface area contributed by atoms with Gasteiger partial charge in [0.1, 0.15) is 0 Å². The van der Waals surface area contributed by atoms with Crippen molar-refractivity contribution < 1.29 is 22.4 Å². The van der Waals surface area contributed by atoms with Crippen LogP contribution in [0, 0.1) is 6.92 Å². The van der Waals surface area contributed by atoms with Crippen LogP contribution in [0.25, 0.3) is 0 Å². The van der Waals surface area contributed by atoms with Gasteiger partial charge in [-0.1, -0.05) is 17.7 Å². The van der Waals surface area contributed by atoms with Crippen LogP contribution in [0.1, 0.15) is 5.56 Å². The monoisotopic (exact) mass is 321 g/mol. The zero-order valence-electron chi connectivity index (χ0n) is 5.06. The molecular formula is C7H8AuS. The molecule has 1 radical (unpaired) electrons. The molecule has 53 valence electrons. The second-order valence-electron chi connectivity index (χ2n) is 1.84. The number of benzene rings is 1. The van der Waals surface area contributed by atoms with Gasteiger partial charge in [-0.2, -0.15) is 0 Å². The molecular weight excluding hydrogens is 313 g/mol. The van der Waals surface area contributed by atoms with Crippen molar-refractivity contribution >= 4 is 12.6 Å². The molecule has 0 aliphatic carbocycles. The maximum absolute atomic E-state index is 4.13. The van der Waals surface area contributed by atoms with Crippen molar-refractivity contribution in [2.45, 2.75) is 11.8 Å². The second-order valence-corrected chi connectivity index (χ2v) is 2.35. The summed E-state index contributed by atoms with van der Waals surface area (Å²) in [6, 6.07) is 8.06. The predicted octanol–water partition coefficient (Wildman–Crippen LogP) is 2.28. The van der Waals surface area contributed by atoms with E-state index in [1.807, 2.05) is 24.3 Å². The fourth-order valence-corrected chi connectivity index (χ4v) is 0.694. The van der Waals surface area contributed by atoms with E-state index in [4.69, 9.17) is 0 Å². The predicted molar refractivity (Wildman–Crippen MR) is 38.4 cm³/mol. The fourth-order valence-electron chi connectivity index (χ4n) is 0.545. The molecule has 0 aromatic heterocycles. The van der Waals surface area contributed by atoms with E-state index in [1.54, 1.807) is 0 Å². The van der Waals surface area contributed by atoms with E-state index >= 15 is 0 Å². The first kappa shape index (κ1) is 9.31. The van der Waals surface area contributed by atoms with Crippen LogP contribution in [-0.2, 0) is 22.4 Å². The van der Waals surface area contributed by atoms with Gasteiger partial charge in [0.2, 0.25) is 0 Å². The molecule has 2 heteroatoms. The number of hydrogen-bond acceptors (Lipinski definition) is 1. The van der Waals surface area contributed by atoms with E-state index < -0.39 is 0 Å². The largest absolute Gasteiger partial charge is 0.143 e. The van der Waals surface area contributed by atoms with Crippen molar-refractivity contribution in [1.82, 2.24) is 0 Å². The summed E-state index contributed by atoms with van der Waals surface area (Å²) < 4.78 is 0. The van der Waals surface area contributed by atoms with Crippen LogP contribution < -0.4 is 0 Å². The normalized spacial score (nSPS) is 8.22. The minimum absolute atomic E-state index is 0. The average molecular weight is 321 g/mol. The molecule has 0 atom stereocenters. The Morgan fingerprint density at radius 3 is 1.89 bits per heavy atom. The molecule has 0 saturated carbocycles. The average Bonchev–Trinajstić information content (AvgIpc) is 1.77. The Kier molecular flexibility index (Phi) is 4.32. The summed E-state index contributed by atoms with van der Waals surface area (Å²) in [5.74, 6) is 0. The molecule has 0 bridgehead atoms. The van der Waals surface area contributed by atoms with Gasteiger partial charge in [0.25, 0.3) is 0 Å². The Bertz CT molecular complexity index is 148. The first-order chi connectivity index (χ1) is 3.79. The van der Waals surface area contributed by atoms with Gasteiger partial charge >= 0.3 is 0 Å². The summed E-state index contributed by atoms with van der Waals surface area (Å²) >= 11 is 4.13. The molecule has 0 fully saturated rings. The molecule has 1 rings (SSSR count). The number of aryl methyl sites for hydroxylation is 1. The number of rotatable bonds is 0. The van der Waals surface area contributed by atoms with Crippen molar-refractivity contribution in [3.8, 4) is 0 Å². The summed E-state index contributed by atoms with van der Waals surface area (Å²) in [4.78, 5) is 1.02. The Morgan fingerprint density at radius 2 is 1.56 bits per heavy atom. The second kappa shape index (κ2) is 4.18. The van der Waals surface area contributed by atoms with Crippen molar-refractivity contribution in [2.24, 2.45) is 0 Å². The van der Waals surface area contributed by atoms with Crippen LogP contribution in [0.4, 0.5) is 0 Å². The van der Waals surface area contributed by atoms with Crippen LogP contribution in [0.15, 0.2) is 29.2 Å². The van der Waals surface area contributed by atoms with Gasteiger partial charge in [-0.05, 0) is 19.1 Å². The minimum Gasteiger partial charge on any atom is -0.143 e. The van der Waals surface area contributed by atoms with Crippen LogP contribution in [0.2, 0.25) is 0 Å². The van der Waals surface area contributed by atoms with Crippen molar-refractivity contribution in [1.29, 1.82) is 0 Å². The molecule has 0 N–H and O–H groups in total. The molecule has 9 heavy (non-hydrogen) atoms. The Morgan fingerprint density at radius 1 is 1.11 bits per heavy atom. The molecule has 0 amide bonds. The summed E-state index contributed by atoms with van der Waals surface area (Å²) in [5, 5.41) is 0. The van der Waals surface area contributed by atoms with E-state index in [-0.39, 0.29) is 22.4 Å². The van der Waals surface area contributed by atoms with Crippen molar-refractivity contribution in [3.05, 3.63) is 29.8 Å². The van der Waals surface area contributed by atoms with Crippen LogP contribution in [0.5, 0.6) is 0 Å². The molecule has 0 aliphatic heterocycles. The number of hydrogen-bond donors (Lipinski definition) is 1. The van der Waals surface area contributed by atoms with E-state index in [0.717, 1.165) is 4.90 Å². The first-order valence-corrected chi connectivity index (χ1v) is 2.99. The maximum Gasteiger partial charge on any atom is 0.00401 e. The Balaban J connectivity index is 0.000000640. The van der Waals surface area contributed by atoms with E-state index in [0.29, 0.717) is 0 Å². The van der Waals surface area contributed by atoms with Crippen molar-refractivity contribution in [3.63, 3.8) is 0 Å². The van der Waals surface area contributed by atoms with Crippen molar-refractivity contribution in [2.75, 3.05) is 0 Å². The zero-order valence-corrected chi connectivity index (χ0v) is 8.12. The number of thiol groups is 1. The SMILES string of the molecule is Cc1ccc(S)cc1.[Au]. The van der Waals surface area contributed by atoms with Crippen LogP contribution >= 0.6 is 12.6 Å². The third kappa shape index (κ3) is 3.11. The minimum atomic E-state index is 0. The quantitative estimate of drug-likeness (QED) is 0.550. The fraction of sp³-hybridized carbons (Fsp3) is 0.143.